The van der Waals surface area contributed by atoms with Crippen molar-refractivity contribution in [2.45, 2.75) is 13.8 Å². The van der Waals surface area contributed by atoms with Crippen LogP contribution in [0.4, 0.5) is 5.69 Å². The second kappa shape index (κ2) is 5.32. The number of nitrogens with one attached hydrogen (secondary N) is 1. The highest BCUT2D eigenvalue weighted by Crippen LogP contribution is 2.16. The summed E-state index contributed by atoms with van der Waals surface area (Å²) in [7, 11) is 0. The fourth-order valence-corrected chi connectivity index (χ4v) is 1.48. The summed E-state index contributed by atoms with van der Waals surface area (Å²) in [6, 6.07) is 3.96. The average molecular weight is 258 g/mol. The molecule has 0 spiro atoms. The first-order chi connectivity index (χ1) is 6.63. The Morgan fingerprint density at radius 1 is 1.57 bits per heavy atom. The number of hydrogen-bond acceptors (Lipinski definition) is 3. The van der Waals surface area contributed by atoms with Gasteiger partial charge in [-0.05, 0) is 47.4 Å². The Bertz CT molecular complexity index is 301. The first-order valence-electron chi connectivity index (χ1n) is 4.70. The lowest BCUT2D eigenvalue weighted by atomic mass is 10.2. The van der Waals surface area contributed by atoms with Gasteiger partial charge in [-0.25, -0.2) is 4.98 Å². The predicted molar refractivity (Wildman–Crippen MR) is 63.4 cm³/mol. The molecule has 0 fully saturated rings. The van der Waals surface area contributed by atoms with E-state index in [0.29, 0.717) is 12.5 Å². The highest BCUT2D eigenvalue weighted by Gasteiger charge is 2.02. The monoisotopic (exact) mass is 257 g/mol. The van der Waals surface area contributed by atoms with Gasteiger partial charge in [-0.3, -0.25) is 0 Å². The van der Waals surface area contributed by atoms with Crippen LogP contribution in [0.25, 0.3) is 0 Å². The topological polar surface area (TPSA) is 50.9 Å². The van der Waals surface area contributed by atoms with Gasteiger partial charge in [0.25, 0.3) is 0 Å². The van der Waals surface area contributed by atoms with Crippen LogP contribution in [-0.2, 0) is 0 Å². The first-order valence-corrected chi connectivity index (χ1v) is 5.50. The molecule has 0 saturated carbocycles. The molecule has 3 nitrogen and oxygen atoms in total. The quantitative estimate of drug-likeness (QED) is 0.814. The molecule has 78 valence electrons. The number of anilines is 1. The third kappa shape index (κ3) is 3.27. The third-order valence-electron chi connectivity index (χ3n) is 2.10. The number of nitrogens with two attached hydrogens (primary N) is 1. The average Bonchev–Trinajstić information content (AvgIpc) is 2.16. The minimum Gasteiger partial charge on any atom is -0.383 e. The van der Waals surface area contributed by atoms with Crippen LogP contribution in [0.2, 0.25) is 0 Å². The van der Waals surface area contributed by atoms with E-state index >= 15 is 0 Å². The van der Waals surface area contributed by atoms with E-state index in [4.69, 9.17) is 5.73 Å². The number of aromatic nitrogens is 1. The Morgan fingerprint density at radius 3 is 2.86 bits per heavy atom. The maximum absolute atomic E-state index is 5.54. The lowest BCUT2D eigenvalue weighted by molar-refractivity contribution is 0.627. The fourth-order valence-electron chi connectivity index (χ4n) is 1.08. The van der Waals surface area contributed by atoms with E-state index < -0.39 is 0 Å². The molecule has 0 amide bonds. The summed E-state index contributed by atoms with van der Waals surface area (Å²) in [5.74, 6) is 0.484. The number of hydrogen-bond donors (Lipinski definition) is 2. The van der Waals surface area contributed by atoms with Gasteiger partial charge in [-0.15, -0.1) is 0 Å². The van der Waals surface area contributed by atoms with E-state index in [1.807, 2.05) is 19.1 Å². The zero-order chi connectivity index (χ0) is 10.6. The van der Waals surface area contributed by atoms with Gasteiger partial charge in [0.2, 0.25) is 0 Å². The molecule has 0 saturated heterocycles. The molecular weight excluding hydrogens is 242 g/mol. The molecule has 4 heteroatoms. The molecule has 14 heavy (non-hydrogen) atoms. The van der Waals surface area contributed by atoms with E-state index in [1.54, 1.807) is 0 Å². The highest BCUT2D eigenvalue weighted by atomic mass is 79.9. The number of halogens is 1. The predicted octanol–water partition coefficient (Wildman–Crippen LogP) is 2.16. The lowest BCUT2D eigenvalue weighted by Gasteiger charge is -2.12. The van der Waals surface area contributed by atoms with Gasteiger partial charge in [0.15, 0.2) is 0 Å². The summed E-state index contributed by atoms with van der Waals surface area (Å²) in [6.45, 7) is 5.70. The number of aryl methyl sites for hydroxylation is 1. The SMILES string of the molecule is Cc1nc(Br)ccc1NCC(C)CN. The molecule has 1 heterocycles. The molecule has 0 radical (unpaired) electrons. The van der Waals surface area contributed by atoms with Gasteiger partial charge in [0, 0.05) is 6.54 Å². The third-order valence-corrected chi connectivity index (χ3v) is 2.54. The van der Waals surface area contributed by atoms with Gasteiger partial charge >= 0.3 is 0 Å². The van der Waals surface area contributed by atoms with Crippen molar-refractivity contribution in [1.82, 2.24) is 4.98 Å². The zero-order valence-corrected chi connectivity index (χ0v) is 10.1. The Balaban J connectivity index is 2.59. The van der Waals surface area contributed by atoms with Crippen LogP contribution in [0.15, 0.2) is 16.7 Å². The van der Waals surface area contributed by atoms with Gasteiger partial charge in [0.05, 0.1) is 11.4 Å². The zero-order valence-electron chi connectivity index (χ0n) is 8.55. The molecule has 3 N–H and O–H groups in total. The van der Waals surface area contributed by atoms with Crippen LogP contribution >= 0.6 is 15.9 Å². The second-order valence-corrected chi connectivity index (χ2v) is 4.30. The number of nitrogens with zero attached hydrogens (tertiary/aromatic N) is 1. The molecule has 1 aromatic rings. The van der Waals surface area contributed by atoms with Crippen molar-refractivity contribution in [3.8, 4) is 0 Å². The van der Waals surface area contributed by atoms with Crippen LogP contribution in [0, 0.1) is 12.8 Å². The van der Waals surface area contributed by atoms with E-state index in [0.717, 1.165) is 22.5 Å². The van der Waals surface area contributed by atoms with Crippen molar-refractivity contribution >= 4 is 21.6 Å². The molecule has 0 aliphatic heterocycles. The molecule has 1 atom stereocenters. The molecule has 1 aromatic heterocycles. The van der Waals surface area contributed by atoms with Crippen molar-refractivity contribution in [3.05, 3.63) is 22.4 Å². The van der Waals surface area contributed by atoms with Crippen molar-refractivity contribution in [2.75, 3.05) is 18.4 Å². The van der Waals surface area contributed by atoms with Gasteiger partial charge in [-0.1, -0.05) is 6.92 Å². The van der Waals surface area contributed by atoms with Gasteiger partial charge in [-0.2, -0.15) is 0 Å². The highest BCUT2D eigenvalue weighted by molar-refractivity contribution is 9.10. The Hall–Kier alpha value is -0.610. The van der Waals surface area contributed by atoms with Gasteiger partial charge < -0.3 is 11.1 Å². The van der Waals surface area contributed by atoms with Crippen LogP contribution < -0.4 is 11.1 Å². The summed E-state index contributed by atoms with van der Waals surface area (Å²) >= 11 is 3.33. The van der Waals surface area contributed by atoms with Crippen LogP contribution in [0.5, 0.6) is 0 Å². The number of pyridine rings is 1. The summed E-state index contributed by atoms with van der Waals surface area (Å²) in [5, 5.41) is 3.33. The standard InChI is InChI=1S/C10H16BrN3/c1-7(5-12)6-13-9-3-4-10(11)14-8(9)2/h3-4,7,13H,5-6,12H2,1-2H3. The second-order valence-electron chi connectivity index (χ2n) is 3.49. The van der Waals surface area contributed by atoms with Crippen molar-refractivity contribution in [2.24, 2.45) is 11.7 Å². The molecule has 0 aromatic carbocycles. The first kappa shape index (κ1) is 11.5. The molecule has 1 unspecified atom stereocenters. The maximum atomic E-state index is 5.54. The molecule has 0 aliphatic rings. The Kier molecular flexibility index (Phi) is 4.35. The number of rotatable bonds is 4. The Morgan fingerprint density at radius 2 is 2.29 bits per heavy atom. The minimum atomic E-state index is 0.484. The smallest absolute Gasteiger partial charge is 0.106 e. The van der Waals surface area contributed by atoms with Crippen LogP contribution in [0.1, 0.15) is 12.6 Å². The van der Waals surface area contributed by atoms with E-state index in [9.17, 15) is 0 Å². The fraction of sp³-hybridized carbons (Fsp3) is 0.500. The minimum absolute atomic E-state index is 0.484. The van der Waals surface area contributed by atoms with Crippen molar-refractivity contribution in [3.63, 3.8) is 0 Å². The Labute approximate surface area is 93.2 Å². The van der Waals surface area contributed by atoms with E-state index in [1.165, 1.54) is 0 Å². The normalized spacial score (nSPS) is 12.6. The molecule has 0 aliphatic carbocycles. The van der Waals surface area contributed by atoms with E-state index in [2.05, 4.69) is 33.2 Å². The molecule has 0 bridgehead atoms. The van der Waals surface area contributed by atoms with Crippen molar-refractivity contribution < 1.29 is 0 Å². The molecule has 1 rings (SSSR count). The van der Waals surface area contributed by atoms with Crippen LogP contribution in [0.3, 0.4) is 0 Å². The van der Waals surface area contributed by atoms with Crippen molar-refractivity contribution in [1.29, 1.82) is 0 Å². The molecular formula is C10H16BrN3. The van der Waals surface area contributed by atoms with Crippen LogP contribution in [-0.4, -0.2) is 18.1 Å². The maximum Gasteiger partial charge on any atom is 0.106 e. The lowest BCUT2D eigenvalue weighted by Crippen LogP contribution is -2.20. The van der Waals surface area contributed by atoms with E-state index in [-0.39, 0.29) is 0 Å². The largest absolute Gasteiger partial charge is 0.383 e. The van der Waals surface area contributed by atoms with Gasteiger partial charge in [0.1, 0.15) is 4.60 Å². The summed E-state index contributed by atoms with van der Waals surface area (Å²) < 4.78 is 0.868. The summed E-state index contributed by atoms with van der Waals surface area (Å²) in [6.07, 6.45) is 0. The summed E-state index contributed by atoms with van der Waals surface area (Å²) in [5.41, 5.74) is 7.62. The summed E-state index contributed by atoms with van der Waals surface area (Å²) in [4.78, 5) is 4.30.